The van der Waals surface area contributed by atoms with Gasteiger partial charge in [-0.3, -0.25) is 0 Å². The van der Waals surface area contributed by atoms with E-state index in [0.717, 1.165) is 19.0 Å². The van der Waals surface area contributed by atoms with Gasteiger partial charge in [0.05, 0.1) is 0 Å². The van der Waals surface area contributed by atoms with Crippen molar-refractivity contribution in [1.82, 2.24) is 5.32 Å². The van der Waals surface area contributed by atoms with E-state index in [1.807, 2.05) is 0 Å². The molecule has 2 N–H and O–H groups in total. The predicted octanol–water partition coefficient (Wildman–Crippen LogP) is 1.54. The fraction of sp³-hybridized carbons (Fsp3) is 1.00. The van der Waals surface area contributed by atoms with Crippen LogP contribution in [0.1, 0.15) is 39.0 Å². The summed E-state index contributed by atoms with van der Waals surface area (Å²) in [4.78, 5) is 0. The fourth-order valence-electron chi connectivity index (χ4n) is 1.82. The van der Waals surface area contributed by atoms with Crippen LogP contribution in [0, 0.1) is 5.92 Å². The van der Waals surface area contributed by atoms with Crippen molar-refractivity contribution in [2.45, 2.75) is 45.1 Å². The third-order valence-corrected chi connectivity index (χ3v) is 2.73. The standard InChI is InChI=1S/C10H21NO/c1-9(6-7-12)8-11-10-4-2-3-5-10/h9-12H,2-8H2,1H3. The fourth-order valence-corrected chi connectivity index (χ4v) is 1.82. The molecule has 1 aliphatic rings. The SMILES string of the molecule is CC(CCO)CNC1CCCC1. The highest BCUT2D eigenvalue weighted by Gasteiger charge is 2.14. The molecule has 0 heterocycles. The van der Waals surface area contributed by atoms with Gasteiger partial charge in [-0.15, -0.1) is 0 Å². The van der Waals surface area contributed by atoms with Crippen molar-refractivity contribution in [3.05, 3.63) is 0 Å². The van der Waals surface area contributed by atoms with Gasteiger partial charge in [0.2, 0.25) is 0 Å². The van der Waals surface area contributed by atoms with Gasteiger partial charge in [0.15, 0.2) is 0 Å². The second-order valence-electron chi connectivity index (χ2n) is 4.01. The number of rotatable bonds is 5. The molecule has 1 fully saturated rings. The average Bonchev–Trinajstić information content (AvgIpc) is 2.53. The largest absolute Gasteiger partial charge is 0.396 e. The van der Waals surface area contributed by atoms with Crippen molar-refractivity contribution in [3.8, 4) is 0 Å². The first kappa shape index (κ1) is 10.0. The van der Waals surface area contributed by atoms with E-state index in [2.05, 4.69) is 12.2 Å². The molecule has 0 aromatic carbocycles. The zero-order valence-electron chi connectivity index (χ0n) is 8.05. The number of nitrogens with one attached hydrogen (secondary N) is 1. The molecule has 1 saturated carbocycles. The summed E-state index contributed by atoms with van der Waals surface area (Å²) in [5, 5.41) is 12.3. The van der Waals surface area contributed by atoms with Gasteiger partial charge in [0.1, 0.15) is 0 Å². The third-order valence-electron chi connectivity index (χ3n) is 2.73. The van der Waals surface area contributed by atoms with Gasteiger partial charge in [-0.2, -0.15) is 0 Å². The van der Waals surface area contributed by atoms with E-state index in [4.69, 9.17) is 5.11 Å². The Balaban J connectivity index is 1.99. The molecule has 0 saturated heterocycles. The number of hydrogen-bond donors (Lipinski definition) is 2. The summed E-state index contributed by atoms with van der Waals surface area (Å²) in [5.41, 5.74) is 0. The van der Waals surface area contributed by atoms with Crippen molar-refractivity contribution >= 4 is 0 Å². The van der Waals surface area contributed by atoms with E-state index in [1.165, 1.54) is 25.7 Å². The summed E-state index contributed by atoms with van der Waals surface area (Å²) in [7, 11) is 0. The highest BCUT2D eigenvalue weighted by atomic mass is 16.3. The Kier molecular flexibility index (Phi) is 4.62. The maximum absolute atomic E-state index is 8.70. The zero-order chi connectivity index (χ0) is 8.81. The van der Waals surface area contributed by atoms with Gasteiger partial charge in [0, 0.05) is 12.6 Å². The average molecular weight is 171 g/mol. The van der Waals surface area contributed by atoms with Crippen molar-refractivity contribution in [2.75, 3.05) is 13.2 Å². The smallest absolute Gasteiger partial charge is 0.0434 e. The van der Waals surface area contributed by atoms with E-state index >= 15 is 0 Å². The normalized spacial score (nSPS) is 21.5. The van der Waals surface area contributed by atoms with E-state index in [9.17, 15) is 0 Å². The Morgan fingerprint density at radius 2 is 2.08 bits per heavy atom. The second kappa shape index (κ2) is 5.55. The van der Waals surface area contributed by atoms with Crippen molar-refractivity contribution < 1.29 is 5.11 Å². The van der Waals surface area contributed by atoms with Crippen molar-refractivity contribution in [1.29, 1.82) is 0 Å². The summed E-state index contributed by atoms with van der Waals surface area (Å²) < 4.78 is 0. The van der Waals surface area contributed by atoms with Gasteiger partial charge >= 0.3 is 0 Å². The molecule has 0 bridgehead atoms. The zero-order valence-corrected chi connectivity index (χ0v) is 8.05. The Morgan fingerprint density at radius 1 is 1.42 bits per heavy atom. The number of hydrogen-bond acceptors (Lipinski definition) is 2. The van der Waals surface area contributed by atoms with Crippen molar-refractivity contribution in [3.63, 3.8) is 0 Å². The molecule has 72 valence electrons. The van der Waals surface area contributed by atoms with Crippen LogP contribution in [-0.2, 0) is 0 Å². The first-order valence-electron chi connectivity index (χ1n) is 5.17. The molecule has 2 heteroatoms. The minimum Gasteiger partial charge on any atom is -0.396 e. The van der Waals surface area contributed by atoms with E-state index in [-0.39, 0.29) is 0 Å². The van der Waals surface area contributed by atoms with Crippen LogP contribution in [0.4, 0.5) is 0 Å². The Labute approximate surface area is 75.4 Å². The first-order chi connectivity index (χ1) is 5.83. The van der Waals surface area contributed by atoms with Gasteiger partial charge in [-0.05, 0) is 31.7 Å². The second-order valence-corrected chi connectivity index (χ2v) is 4.01. The summed E-state index contributed by atoms with van der Waals surface area (Å²) >= 11 is 0. The van der Waals surface area contributed by atoms with Crippen LogP contribution in [0.2, 0.25) is 0 Å². The predicted molar refractivity (Wildman–Crippen MR) is 51.1 cm³/mol. The molecule has 0 aliphatic heterocycles. The molecule has 0 radical (unpaired) electrons. The molecule has 0 aromatic rings. The lowest BCUT2D eigenvalue weighted by atomic mass is 10.1. The Bertz CT molecular complexity index is 110. The number of aliphatic hydroxyl groups excluding tert-OH is 1. The molecule has 0 amide bonds. The summed E-state index contributed by atoms with van der Waals surface area (Å²) in [6.07, 6.45) is 6.43. The van der Waals surface area contributed by atoms with Crippen molar-refractivity contribution in [2.24, 2.45) is 5.92 Å². The summed E-state index contributed by atoms with van der Waals surface area (Å²) in [6, 6.07) is 0.770. The molecule has 2 nitrogen and oxygen atoms in total. The molecule has 1 aliphatic carbocycles. The van der Waals surface area contributed by atoms with Crippen LogP contribution in [0.5, 0.6) is 0 Å². The first-order valence-corrected chi connectivity index (χ1v) is 5.17. The lowest BCUT2D eigenvalue weighted by molar-refractivity contribution is 0.257. The molecular formula is C10H21NO. The maximum atomic E-state index is 8.70. The number of aliphatic hydroxyl groups is 1. The maximum Gasteiger partial charge on any atom is 0.0434 e. The van der Waals surface area contributed by atoms with Gasteiger partial charge < -0.3 is 10.4 Å². The van der Waals surface area contributed by atoms with Gasteiger partial charge in [-0.25, -0.2) is 0 Å². The monoisotopic (exact) mass is 171 g/mol. The van der Waals surface area contributed by atoms with Crippen LogP contribution in [0.3, 0.4) is 0 Å². The minimum atomic E-state index is 0.327. The molecular weight excluding hydrogens is 150 g/mol. The quantitative estimate of drug-likeness (QED) is 0.657. The summed E-state index contributed by atoms with van der Waals surface area (Å²) in [5.74, 6) is 0.621. The van der Waals surface area contributed by atoms with Crippen LogP contribution in [0.25, 0.3) is 0 Å². The molecule has 1 atom stereocenters. The van der Waals surface area contributed by atoms with E-state index in [0.29, 0.717) is 12.5 Å². The van der Waals surface area contributed by atoms with Crippen LogP contribution >= 0.6 is 0 Å². The third kappa shape index (κ3) is 3.55. The molecule has 1 rings (SSSR count). The van der Waals surface area contributed by atoms with Crippen LogP contribution in [0.15, 0.2) is 0 Å². The van der Waals surface area contributed by atoms with E-state index < -0.39 is 0 Å². The summed E-state index contributed by atoms with van der Waals surface area (Å²) in [6.45, 7) is 3.59. The highest BCUT2D eigenvalue weighted by Crippen LogP contribution is 2.17. The molecule has 0 spiro atoms. The lowest BCUT2D eigenvalue weighted by Gasteiger charge is -2.15. The molecule has 0 aromatic heterocycles. The van der Waals surface area contributed by atoms with E-state index in [1.54, 1.807) is 0 Å². The molecule has 1 unspecified atom stereocenters. The van der Waals surface area contributed by atoms with Gasteiger partial charge in [0.25, 0.3) is 0 Å². The van der Waals surface area contributed by atoms with Crippen LogP contribution in [-0.4, -0.2) is 24.3 Å². The molecule has 12 heavy (non-hydrogen) atoms. The van der Waals surface area contributed by atoms with Gasteiger partial charge in [-0.1, -0.05) is 19.8 Å². The topological polar surface area (TPSA) is 32.3 Å². The Morgan fingerprint density at radius 3 is 2.67 bits per heavy atom. The highest BCUT2D eigenvalue weighted by molar-refractivity contribution is 4.74. The minimum absolute atomic E-state index is 0.327. The Hall–Kier alpha value is -0.0800. The lowest BCUT2D eigenvalue weighted by Crippen LogP contribution is -2.30. The van der Waals surface area contributed by atoms with Crippen LogP contribution < -0.4 is 5.32 Å².